The Bertz CT molecular complexity index is 1850. The summed E-state index contributed by atoms with van der Waals surface area (Å²) in [4.78, 5) is 3.59. The summed E-state index contributed by atoms with van der Waals surface area (Å²) in [7, 11) is 6.31. The van der Waals surface area contributed by atoms with Gasteiger partial charge in [-0.2, -0.15) is 4.57 Å². The van der Waals surface area contributed by atoms with E-state index in [1.165, 1.54) is 59.4 Å². The molecule has 4 nitrogen and oxygen atoms in total. The Balaban J connectivity index is 0.000000147. The van der Waals surface area contributed by atoms with E-state index in [1.807, 2.05) is 23.9 Å². The van der Waals surface area contributed by atoms with Crippen LogP contribution in [0.4, 0.5) is 11.4 Å². The molecule has 0 saturated carbocycles. The minimum atomic E-state index is 0.806. The fourth-order valence-electron chi connectivity index (χ4n) is 5.23. The van der Waals surface area contributed by atoms with E-state index in [-0.39, 0.29) is 0 Å². The van der Waals surface area contributed by atoms with Crippen LogP contribution in [0.1, 0.15) is 11.1 Å². The highest BCUT2D eigenvalue weighted by atomic mass is 32.2. The third-order valence-electron chi connectivity index (χ3n) is 7.40. The van der Waals surface area contributed by atoms with E-state index >= 15 is 0 Å². The molecule has 192 valence electrons. The number of aromatic nitrogens is 2. The third-order valence-corrected chi connectivity index (χ3v) is 8.56. The topological polar surface area (TPSA) is 37.0 Å². The molecule has 7 rings (SSSR count). The summed E-state index contributed by atoms with van der Waals surface area (Å²) in [6.45, 7) is 2.11. The van der Waals surface area contributed by atoms with Gasteiger partial charge in [0.15, 0.2) is 6.20 Å². The lowest BCUT2D eigenvalue weighted by Gasteiger charge is -2.13. The average Bonchev–Trinajstić information content (AvgIpc) is 3.27. The van der Waals surface area contributed by atoms with E-state index in [1.54, 1.807) is 0 Å². The number of benzene rings is 4. The second-order valence-corrected chi connectivity index (χ2v) is 11.2. The maximum atomic E-state index is 5.85. The molecular formula is C34H32N4S+2. The van der Waals surface area contributed by atoms with Gasteiger partial charge in [-0.25, -0.2) is 4.57 Å². The molecule has 3 heterocycles. The summed E-state index contributed by atoms with van der Waals surface area (Å²) >= 11 is 1.83. The highest BCUT2D eigenvalue weighted by Gasteiger charge is 2.21. The van der Waals surface area contributed by atoms with Crippen molar-refractivity contribution in [3.63, 3.8) is 0 Å². The molecule has 0 fully saturated rings. The first-order chi connectivity index (χ1) is 18.9. The van der Waals surface area contributed by atoms with E-state index in [9.17, 15) is 0 Å². The zero-order valence-electron chi connectivity index (χ0n) is 22.7. The molecule has 39 heavy (non-hydrogen) atoms. The van der Waals surface area contributed by atoms with Crippen molar-refractivity contribution in [3.05, 3.63) is 119 Å². The van der Waals surface area contributed by atoms with Crippen LogP contribution in [0.2, 0.25) is 0 Å². The second-order valence-electron chi connectivity index (χ2n) is 10.1. The molecule has 0 atom stereocenters. The van der Waals surface area contributed by atoms with Crippen molar-refractivity contribution in [2.75, 3.05) is 17.7 Å². The van der Waals surface area contributed by atoms with Gasteiger partial charge in [-0.05, 0) is 66.6 Å². The number of nitrogens with zero attached hydrogens (tertiary/aromatic N) is 3. The minimum Gasteiger partial charge on any atom is -0.399 e. The smallest absolute Gasteiger partial charge is 0.214 e. The molecule has 0 radical (unpaired) electrons. The zero-order chi connectivity index (χ0) is 27.1. The highest BCUT2D eigenvalue weighted by molar-refractivity contribution is 8.03. The second kappa shape index (κ2) is 10.1. The lowest BCUT2D eigenvalue weighted by atomic mass is 10.1. The van der Waals surface area contributed by atoms with Crippen molar-refractivity contribution in [2.45, 2.75) is 11.8 Å². The lowest BCUT2D eigenvalue weighted by molar-refractivity contribution is -0.644. The summed E-state index contributed by atoms with van der Waals surface area (Å²) in [5.41, 5.74) is 14.1. The Morgan fingerprint density at radius 3 is 2.31 bits per heavy atom. The molecule has 4 aromatic carbocycles. The zero-order valence-corrected chi connectivity index (χ0v) is 23.5. The van der Waals surface area contributed by atoms with Gasteiger partial charge >= 0.3 is 0 Å². The first-order valence-electron chi connectivity index (χ1n) is 13.1. The molecule has 2 N–H and O–H groups in total. The summed E-state index contributed by atoms with van der Waals surface area (Å²) in [5, 5.41) is 5.03. The number of anilines is 2. The molecule has 0 amide bonds. The summed E-state index contributed by atoms with van der Waals surface area (Å²) in [5.74, 6) is 0. The number of hydrogen-bond acceptors (Lipinski definition) is 3. The number of hydrogen-bond donors (Lipinski definition) is 1. The van der Waals surface area contributed by atoms with E-state index in [2.05, 4.69) is 139 Å². The van der Waals surface area contributed by atoms with Gasteiger partial charge in [-0.15, -0.1) is 0 Å². The average molecular weight is 529 g/mol. The fraction of sp³-hybridized carbons (Fsp3) is 0.118. The molecule has 0 spiro atoms. The number of rotatable bonds is 1. The van der Waals surface area contributed by atoms with Crippen LogP contribution in [0.15, 0.2) is 113 Å². The van der Waals surface area contributed by atoms with Gasteiger partial charge in [0.25, 0.3) is 0 Å². The van der Waals surface area contributed by atoms with Crippen LogP contribution >= 0.6 is 11.8 Å². The predicted molar refractivity (Wildman–Crippen MR) is 166 cm³/mol. The van der Waals surface area contributed by atoms with Crippen LogP contribution in [0.5, 0.6) is 0 Å². The lowest BCUT2D eigenvalue weighted by Crippen LogP contribution is -2.30. The van der Waals surface area contributed by atoms with E-state index in [4.69, 9.17) is 5.73 Å². The summed E-state index contributed by atoms with van der Waals surface area (Å²) in [6.07, 6.45) is 4.41. The van der Waals surface area contributed by atoms with Crippen molar-refractivity contribution in [1.82, 2.24) is 0 Å². The number of para-hydroxylation sites is 2. The molecule has 1 aliphatic rings. The van der Waals surface area contributed by atoms with Gasteiger partial charge in [0.1, 0.15) is 14.1 Å². The minimum absolute atomic E-state index is 0.806. The quantitative estimate of drug-likeness (QED) is 0.143. The summed E-state index contributed by atoms with van der Waals surface area (Å²) < 4.78 is 4.37. The first-order valence-corrected chi connectivity index (χ1v) is 13.9. The van der Waals surface area contributed by atoms with E-state index in [0.29, 0.717) is 0 Å². The Kier molecular flexibility index (Phi) is 6.45. The number of fused-ring (bicyclic) bond motifs is 4. The van der Waals surface area contributed by atoms with Crippen LogP contribution in [-0.4, -0.2) is 7.05 Å². The predicted octanol–water partition coefficient (Wildman–Crippen LogP) is 6.91. The van der Waals surface area contributed by atoms with Gasteiger partial charge in [-0.1, -0.05) is 42.1 Å². The first kappa shape index (κ1) is 25.0. The van der Waals surface area contributed by atoms with E-state index < -0.39 is 0 Å². The van der Waals surface area contributed by atoms with Crippen LogP contribution in [-0.2, 0) is 14.1 Å². The Morgan fingerprint density at radius 2 is 1.49 bits per heavy atom. The fourth-order valence-corrected chi connectivity index (χ4v) is 6.33. The number of nitrogens with two attached hydrogens (primary N) is 1. The highest BCUT2D eigenvalue weighted by Crippen LogP contribution is 2.45. The monoisotopic (exact) mass is 528 g/mol. The molecule has 0 bridgehead atoms. The van der Waals surface area contributed by atoms with Crippen LogP contribution in [0, 0.1) is 6.92 Å². The van der Waals surface area contributed by atoms with E-state index in [0.717, 1.165) is 5.69 Å². The van der Waals surface area contributed by atoms with Gasteiger partial charge < -0.3 is 10.6 Å². The Labute approximate surface area is 233 Å². The Hall–Kier alpha value is -4.35. The molecular weight excluding hydrogens is 496 g/mol. The molecule has 5 heteroatoms. The third kappa shape index (κ3) is 4.70. The standard InChI is InChI=1S/C19H17N2S.C15H14N2/c1-20-12-11-14(15-7-3-4-8-16(15)20)13-19-21(2)17-9-5-6-10-18(17)22-19;1-10-3-4-11-8-12-5-6-13(16)9-15(12)17(2)14(11)7-10/h3-13H,1-2H3;3-9,16H,1-2H3/q+1;/p+1. The molecule has 0 aliphatic carbocycles. The van der Waals surface area contributed by atoms with Crippen molar-refractivity contribution in [3.8, 4) is 0 Å². The number of aryl methyl sites for hydroxylation is 3. The van der Waals surface area contributed by atoms with Gasteiger partial charge in [0.2, 0.25) is 16.6 Å². The van der Waals surface area contributed by atoms with Crippen molar-refractivity contribution >= 4 is 61.9 Å². The van der Waals surface area contributed by atoms with Crippen molar-refractivity contribution in [2.24, 2.45) is 14.1 Å². The number of nitrogen functional groups attached to an aromatic ring is 1. The summed E-state index contributed by atoms with van der Waals surface area (Å²) in [6, 6.07) is 34.1. The maximum absolute atomic E-state index is 5.85. The van der Waals surface area contributed by atoms with Crippen LogP contribution in [0.3, 0.4) is 0 Å². The number of thioether (sulfide) groups is 1. The van der Waals surface area contributed by atoms with Gasteiger partial charge in [0.05, 0.1) is 16.1 Å². The molecule has 0 unspecified atom stereocenters. The normalized spacial score (nSPS) is 13.6. The molecule has 2 aromatic heterocycles. The SMILES string of the molecule is CN1C(=Cc2cc[n+](C)c3ccccc23)Sc2ccccc21.Cc1ccc2cc3ccc(N)cc3[n+](C)c2c1. The van der Waals surface area contributed by atoms with Gasteiger partial charge in [-0.3, -0.25) is 0 Å². The molecule has 0 saturated heterocycles. The maximum Gasteiger partial charge on any atom is 0.214 e. The molecule has 1 aliphatic heterocycles. The van der Waals surface area contributed by atoms with Crippen molar-refractivity contribution in [1.29, 1.82) is 0 Å². The van der Waals surface area contributed by atoms with Crippen LogP contribution < -0.4 is 19.8 Å². The largest absolute Gasteiger partial charge is 0.399 e. The molecule has 6 aromatic rings. The number of pyridine rings is 2. The van der Waals surface area contributed by atoms with Gasteiger partial charge in [0, 0.05) is 52.7 Å². The van der Waals surface area contributed by atoms with Crippen LogP contribution in [0.25, 0.3) is 38.8 Å². The van der Waals surface area contributed by atoms with Crippen molar-refractivity contribution < 1.29 is 9.13 Å². The Morgan fingerprint density at radius 1 is 0.769 bits per heavy atom.